The maximum absolute atomic E-state index is 14.1. The van der Waals surface area contributed by atoms with Gasteiger partial charge in [0.2, 0.25) is 6.79 Å². The second-order valence-corrected chi connectivity index (χ2v) is 6.45. The third kappa shape index (κ3) is 3.32. The van der Waals surface area contributed by atoms with Gasteiger partial charge < -0.3 is 14.4 Å². The van der Waals surface area contributed by atoms with Crippen LogP contribution in [0.15, 0.2) is 42.5 Å². The number of hydrogen-bond acceptors (Lipinski definition) is 5. The largest absolute Gasteiger partial charge is 0.454 e. The van der Waals surface area contributed by atoms with E-state index >= 15 is 0 Å². The van der Waals surface area contributed by atoms with Crippen LogP contribution in [0.5, 0.6) is 11.5 Å². The Hall–Kier alpha value is -3.11. The second-order valence-electron chi connectivity index (χ2n) is 6.45. The van der Waals surface area contributed by atoms with Gasteiger partial charge in [0, 0.05) is 37.3 Å². The Morgan fingerprint density at radius 3 is 2.56 bits per heavy atom. The molecule has 2 aromatic carbocycles. The van der Waals surface area contributed by atoms with Crippen molar-refractivity contribution in [2.45, 2.75) is 6.04 Å². The molecule has 0 spiro atoms. The molecule has 138 valence electrons. The van der Waals surface area contributed by atoms with Crippen molar-refractivity contribution in [1.29, 1.82) is 5.26 Å². The summed E-state index contributed by atoms with van der Waals surface area (Å²) in [6.07, 6.45) is 0. The van der Waals surface area contributed by atoms with Gasteiger partial charge in [-0.1, -0.05) is 18.2 Å². The zero-order chi connectivity index (χ0) is 18.8. The average molecular weight is 367 g/mol. The highest BCUT2D eigenvalue weighted by molar-refractivity contribution is 5.95. The lowest BCUT2D eigenvalue weighted by atomic mass is 10.0. The molecule has 0 saturated carbocycles. The van der Waals surface area contributed by atoms with E-state index in [1.165, 1.54) is 6.07 Å². The fourth-order valence-corrected chi connectivity index (χ4v) is 3.44. The Morgan fingerprint density at radius 1 is 1.07 bits per heavy atom. The molecule has 27 heavy (non-hydrogen) atoms. The number of rotatable bonds is 3. The first-order chi connectivity index (χ1) is 13.2. The van der Waals surface area contributed by atoms with Gasteiger partial charge in [-0.15, -0.1) is 0 Å². The van der Waals surface area contributed by atoms with Crippen molar-refractivity contribution in [3.63, 3.8) is 0 Å². The lowest BCUT2D eigenvalue weighted by Crippen LogP contribution is -2.49. The number of piperazine rings is 1. The minimum atomic E-state index is -0.658. The van der Waals surface area contributed by atoms with Gasteiger partial charge in [-0.25, -0.2) is 4.39 Å². The number of benzene rings is 2. The Balaban J connectivity index is 1.43. The summed E-state index contributed by atoms with van der Waals surface area (Å²) in [4.78, 5) is 16.4. The van der Waals surface area contributed by atoms with Crippen molar-refractivity contribution in [1.82, 2.24) is 9.80 Å². The number of hydrogen-bond donors (Lipinski definition) is 0. The first-order valence-corrected chi connectivity index (χ1v) is 8.74. The molecular formula is C20H18FN3O3. The van der Waals surface area contributed by atoms with Crippen LogP contribution in [0.1, 0.15) is 22.0 Å². The summed E-state index contributed by atoms with van der Waals surface area (Å²) in [7, 11) is 0. The summed E-state index contributed by atoms with van der Waals surface area (Å²) in [5.74, 6) is 0.733. The van der Waals surface area contributed by atoms with Gasteiger partial charge in [0.1, 0.15) is 11.9 Å². The van der Waals surface area contributed by atoms with Gasteiger partial charge in [-0.3, -0.25) is 9.69 Å². The summed E-state index contributed by atoms with van der Waals surface area (Å²) in [5.41, 5.74) is 0.911. The monoisotopic (exact) mass is 367 g/mol. The van der Waals surface area contributed by atoms with Crippen molar-refractivity contribution < 1.29 is 18.7 Å². The third-order valence-electron chi connectivity index (χ3n) is 4.91. The van der Waals surface area contributed by atoms with Crippen molar-refractivity contribution in [3.05, 3.63) is 59.4 Å². The third-order valence-corrected chi connectivity index (χ3v) is 4.91. The molecule has 2 aromatic rings. The first kappa shape index (κ1) is 17.3. The number of ether oxygens (including phenoxy) is 2. The maximum atomic E-state index is 14.1. The van der Waals surface area contributed by atoms with E-state index in [0.29, 0.717) is 48.8 Å². The summed E-state index contributed by atoms with van der Waals surface area (Å²) < 4.78 is 24.6. The van der Waals surface area contributed by atoms with Crippen molar-refractivity contribution in [2.75, 3.05) is 33.0 Å². The molecule has 6 nitrogen and oxygen atoms in total. The molecule has 1 amide bonds. The van der Waals surface area contributed by atoms with Crippen molar-refractivity contribution in [2.24, 2.45) is 0 Å². The minimum Gasteiger partial charge on any atom is -0.454 e. The molecule has 1 atom stereocenters. The first-order valence-electron chi connectivity index (χ1n) is 8.74. The molecule has 1 unspecified atom stereocenters. The molecule has 0 bridgehead atoms. The number of fused-ring (bicyclic) bond motifs is 1. The van der Waals surface area contributed by atoms with Crippen LogP contribution < -0.4 is 9.47 Å². The zero-order valence-corrected chi connectivity index (χ0v) is 14.6. The highest BCUT2D eigenvalue weighted by atomic mass is 19.1. The minimum absolute atomic E-state index is 0.0904. The van der Waals surface area contributed by atoms with E-state index in [0.717, 1.165) is 0 Å². The average Bonchev–Trinajstić information content (AvgIpc) is 3.18. The Morgan fingerprint density at radius 2 is 1.81 bits per heavy atom. The van der Waals surface area contributed by atoms with Crippen molar-refractivity contribution >= 4 is 5.91 Å². The topological polar surface area (TPSA) is 65.8 Å². The predicted molar refractivity (Wildman–Crippen MR) is 94.8 cm³/mol. The van der Waals surface area contributed by atoms with Crippen LogP contribution in [-0.2, 0) is 0 Å². The molecule has 2 aliphatic heterocycles. The molecule has 0 radical (unpaired) electrons. The van der Waals surface area contributed by atoms with Crippen LogP contribution in [0.3, 0.4) is 0 Å². The molecular weight excluding hydrogens is 349 g/mol. The summed E-state index contributed by atoms with van der Waals surface area (Å²) in [6.45, 7) is 2.11. The van der Waals surface area contributed by atoms with Crippen LogP contribution >= 0.6 is 0 Å². The van der Waals surface area contributed by atoms with Crippen LogP contribution in [0.25, 0.3) is 0 Å². The Bertz CT molecular complexity index is 904. The van der Waals surface area contributed by atoms with Crippen LogP contribution in [-0.4, -0.2) is 48.7 Å². The molecule has 0 aliphatic carbocycles. The highest BCUT2D eigenvalue weighted by Crippen LogP contribution is 2.33. The molecule has 1 fully saturated rings. The fraction of sp³-hybridized carbons (Fsp3) is 0.300. The van der Waals surface area contributed by atoms with Gasteiger partial charge in [0.15, 0.2) is 11.5 Å². The normalized spacial score (nSPS) is 17.4. The summed E-state index contributed by atoms with van der Waals surface area (Å²) in [5, 5.41) is 9.53. The van der Waals surface area contributed by atoms with E-state index in [2.05, 4.69) is 6.07 Å². The molecule has 1 saturated heterocycles. The van der Waals surface area contributed by atoms with E-state index in [1.807, 2.05) is 4.90 Å². The van der Waals surface area contributed by atoms with Gasteiger partial charge >= 0.3 is 0 Å². The van der Waals surface area contributed by atoms with Gasteiger partial charge in [-0.05, 0) is 24.3 Å². The van der Waals surface area contributed by atoms with E-state index in [9.17, 15) is 14.4 Å². The Labute approximate surface area is 156 Å². The molecule has 4 rings (SSSR count). The van der Waals surface area contributed by atoms with Crippen LogP contribution in [0.4, 0.5) is 4.39 Å². The number of halogens is 1. The quantitative estimate of drug-likeness (QED) is 0.834. The molecule has 7 heteroatoms. The SMILES string of the molecule is N#CC(c1ccccc1F)N1CCN(C(=O)c2ccc3c(c2)OCO3)CC1. The van der Waals surface area contributed by atoms with E-state index < -0.39 is 6.04 Å². The van der Waals surface area contributed by atoms with Crippen molar-refractivity contribution in [3.8, 4) is 17.6 Å². The zero-order valence-electron chi connectivity index (χ0n) is 14.6. The smallest absolute Gasteiger partial charge is 0.254 e. The van der Waals surface area contributed by atoms with Gasteiger partial charge in [-0.2, -0.15) is 5.26 Å². The molecule has 0 N–H and O–H groups in total. The lowest BCUT2D eigenvalue weighted by Gasteiger charge is -2.37. The number of carbonyl (C=O) groups is 1. The number of nitriles is 1. The van der Waals surface area contributed by atoms with Gasteiger partial charge in [0.25, 0.3) is 5.91 Å². The number of nitrogens with zero attached hydrogens (tertiary/aromatic N) is 3. The summed E-state index contributed by atoms with van der Waals surface area (Å²) in [6, 6.07) is 13.0. The van der Waals surface area contributed by atoms with Gasteiger partial charge in [0.05, 0.1) is 6.07 Å². The number of amides is 1. The van der Waals surface area contributed by atoms with E-state index in [1.54, 1.807) is 41.3 Å². The fourth-order valence-electron chi connectivity index (χ4n) is 3.44. The highest BCUT2D eigenvalue weighted by Gasteiger charge is 2.29. The molecule has 2 aliphatic rings. The second kappa shape index (κ2) is 7.25. The lowest BCUT2D eigenvalue weighted by molar-refractivity contribution is 0.0604. The van der Waals surface area contributed by atoms with E-state index in [4.69, 9.17) is 9.47 Å². The van der Waals surface area contributed by atoms with Crippen LogP contribution in [0.2, 0.25) is 0 Å². The van der Waals surface area contributed by atoms with E-state index in [-0.39, 0.29) is 18.5 Å². The predicted octanol–water partition coefficient (Wildman–Crippen LogP) is 2.58. The van der Waals surface area contributed by atoms with Crippen LogP contribution in [0, 0.1) is 17.1 Å². The molecule has 2 heterocycles. The summed E-state index contributed by atoms with van der Waals surface area (Å²) >= 11 is 0. The Kier molecular flexibility index (Phi) is 4.65. The maximum Gasteiger partial charge on any atom is 0.254 e. The molecule has 0 aromatic heterocycles. The number of carbonyl (C=O) groups excluding carboxylic acids is 1. The standard InChI is InChI=1S/C20H18FN3O3/c21-16-4-2-1-3-15(16)17(12-22)23-7-9-24(10-8-23)20(25)14-5-6-18-19(11-14)27-13-26-18/h1-6,11,17H,7-10,13H2.